The lowest BCUT2D eigenvalue weighted by Gasteiger charge is -2.34. The molecular weight excluding hydrogens is 240 g/mol. The van der Waals surface area contributed by atoms with Crippen LogP contribution in [0.2, 0.25) is 0 Å². The van der Waals surface area contributed by atoms with Crippen LogP contribution in [0.1, 0.15) is 32.0 Å². The van der Waals surface area contributed by atoms with E-state index in [0.717, 1.165) is 25.2 Å². The van der Waals surface area contributed by atoms with E-state index in [1.165, 1.54) is 5.56 Å². The standard InChI is InChI=1S/C15H22N2O2/c1-11(19-15(2,3)4)17-9-8-12-6-7-14(18-5)16-13(12)10-17/h6-7H,1,8-10H2,2-5H3. The lowest BCUT2D eigenvalue weighted by molar-refractivity contribution is -0.00112. The number of ether oxygens (including phenoxy) is 2. The Morgan fingerprint density at radius 3 is 2.74 bits per heavy atom. The van der Waals surface area contributed by atoms with Crippen molar-refractivity contribution in [2.24, 2.45) is 0 Å². The molecule has 4 heteroatoms. The van der Waals surface area contributed by atoms with Crippen molar-refractivity contribution in [3.05, 3.63) is 35.9 Å². The minimum Gasteiger partial charge on any atom is -0.481 e. The van der Waals surface area contributed by atoms with Crippen LogP contribution in [-0.2, 0) is 17.7 Å². The second-order valence-electron chi connectivity index (χ2n) is 5.74. The van der Waals surface area contributed by atoms with Crippen molar-refractivity contribution in [1.29, 1.82) is 0 Å². The van der Waals surface area contributed by atoms with Gasteiger partial charge >= 0.3 is 0 Å². The van der Waals surface area contributed by atoms with Crippen LogP contribution in [-0.4, -0.2) is 29.1 Å². The number of methoxy groups -OCH3 is 1. The van der Waals surface area contributed by atoms with Gasteiger partial charge in [0.15, 0.2) is 5.88 Å². The van der Waals surface area contributed by atoms with Gasteiger partial charge in [-0.25, -0.2) is 4.98 Å². The Hall–Kier alpha value is -1.71. The Bertz CT molecular complexity index is 478. The summed E-state index contributed by atoms with van der Waals surface area (Å²) < 4.78 is 11.0. The molecule has 0 atom stereocenters. The van der Waals surface area contributed by atoms with Crippen molar-refractivity contribution in [1.82, 2.24) is 9.88 Å². The first-order chi connectivity index (χ1) is 8.89. The summed E-state index contributed by atoms with van der Waals surface area (Å²) in [7, 11) is 1.64. The average Bonchev–Trinajstić information content (AvgIpc) is 2.35. The Morgan fingerprint density at radius 1 is 1.37 bits per heavy atom. The Balaban J connectivity index is 2.10. The number of pyridine rings is 1. The lowest BCUT2D eigenvalue weighted by Crippen LogP contribution is -2.34. The minimum absolute atomic E-state index is 0.223. The topological polar surface area (TPSA) is 34.6 Å². The van der Waals surface area contributed by atoms with Crippen molar-refractivity contribution < 1.29 is 9.47 Å². The van der Waals surface area contributed by atoms with E-state index < -0.39 is 0 Å². The van der Waals surface area contributed by atoms with Gasteiger partial charge < -0.3 is 14.4 Å². The number of rotatable bonds is 3. The molecule has 4 nitrogen and oxygen atoms in total. The Labute approximate surface area is 115 Å². The third-order valence-electron chi connectivity index (χ3n) is 3.02. The van der Waals surface area contributed by atoms with E-state index in [1.54, 1.807) is 7.11 Å². The van der Waals surface area contributed by atoms with Crippen LogP contribution in [0.4, 0.5) is 0 Å². The molecular formula is C15H22N2O2. The number of hydrogen-bond acceptors (Lipinski definition) is 4. The molecule has 0 saturated carbocycles. The molecule has 2 rings (SSSR count). The van der Waals surface area contributed by atoms with Gasteiger partial charge in [0, 0.05) is 12.6 Å². The fraction of sp³-hybridized carbons (Fsp3) is 0.533. The zero-order chi connectivity index (χ0) is 14.0. The van der Waals surface area contributed by atoms with Crippen LogP contribution in [0.5, 0.6) is 5.88 Å². The largest absolute Gasteiger partial charge is 0.481 e. The summed E-state index contributed by atoms with van der Waals surface area (Å²) in [4.78, 5) is 6.63. The predicted molar refractivity (Wildman–Crippen MR) is 74.9 cm³/mol. The lowest BCUT2D eigenvalue weighted by atomic mass is 10.1. The van der Waals surface area contributed by atoms with E-state index in [0.29, 0.717) is 11.8 Å². The minimum atomic E-state index is -0.223. The highest BCUT2D eigenvalue weighted by molar-refractivity contribution is 5.28. The zero-order valence-electron chi connectivity index (χ0n) is 12.2. The van der Waals surface area contributed by atoms with Crippen LogP contribution in [0.25, 0.3) is 0 Å². The number of aromatic nitrogens is 1. The van der Waals surface area contributed by atoms with Crippen molar-refractivity contribution in [2.75, 3.05) is 13.7 Å². The fourth-order valence-electron chi connectivity index (χ4n) is 2.13. The fourth-order valence-corrected chi connectivity index (χ4v) is 2.13. The van der Waals surface area contributed by atoms with Gasteiger partial charge in [-0.1, -0.05) is 6.07 Å². The molecule has 1 aliphatic rings. The molecule has 0 fully saturated rings. The molecule has 0 saturated heterocycles. The van der Waals surface area contributed by atoms with E-state index in [-0.39, 0.29) is 5.60 Å². The number of nitrogens with zero attached hydrogens (tertiary/aromatic N) is 2. The molecule has 0 N–H and O–H groups in total. The van der Waals surface area contributed by atoms with Crippen LogP contribution < -0.4 is 4.74 Å². The van der Waals surface area contributed by atoms with Crippen LogP contribution in [0, 0.1) is 0 Å². The first kappa shape index (κ1) is 13.7. The second-order valence-corrected chi connectivity index (χ2v) is 5.74. The Kier molecular flexibility index (Phi) is 3.69. The molecule has 0 radical (unpaired) electrons. The zero-order valence-corrected chi connectivity index (χ0v) is 12.2. The molecule has 104 valence electrons. The van der Waals surface area contributed by atoms with Gasteiger partial charge in [0.2, 0.25) is 5.88 Å². The summed E-state index contributed by atoms with van der Waals surface area (Å²) in [5.74, 6) is 1.37. The third-order valence-corrected chi connectivity index (χ3v) is 3.02. The summed E-state index contributed by atoms with van der Waals surface area (Å²) in [5, 5.41) is 0. The first-order valence-electron chi connectivity index (χ1n) is 6.55. The third kappa shape index (κ3) is 3.40. The molecule has 2 heterocycles. The maximum absolute atomic E-state index is 5.82. The molecule has 0 aliphatic carbocycles. The molecule has 19 heavy (non-hydrogen) atoms. The SMILES string of the molecule is C=C(OC(C)(C)C)N1CCc2ccc(OC)nc2C1. The van der Waals surface area contributed by atoms with Gasteiger partial charge in [0.25, 0.3) is 0 Å². The summed E-state index contributed by atoms with van der Waals surface area (Å²) in [6.07, 6.45) is 0.957. The summed E-state index contributed by atoms with van der Waals surface area (Å²) >= 11 is 0. The molecule has 1 aliphatic heterocycles. The molecule has 0 spiro atoms. The van der Waals surface area contributed by atoms with E-state index >= 15 is 0 Å². The molecule has 0 unspecified atom stereocenters. The van der Waals surface area contributed by atoms with Crippen LogP contribution in [0.15, 0.2) is 24.6 Å². The first-order valence-corrected chi connectivity index (χ1v) is 6.55. The van der Waals surface area contributed by atoms with Crippen LogP contribution in [0.3, 0.4) is 0 Å². The number of hydrogen-bond donors (Lipinski definition) is 0. The predicted octanol–water partition coefficient (Wildman–Crippen LogP) is 2.73. The average molecular weight is 262 g/mol. The van der Waals surface area contributed by atoms with E-state index in [4.69, 9.17) is 9.47 Å². The normalized spacial score (nSPS) is 14.8. The van der Waals surface area contributed by atoms with E-state index in [1.807, 2.05) is 26.8 Å². The van der Waals surface area contributed by atoms with Crippen LogP contribution >= 0.6 is 0 Å². The van der Waals surface area contributed by atoms with Gasteiger partial charge in [-0.05, 0) is 39.3 Å². The van der Waals surface area contributed by atoms with Crippen molar-refractivity contribution in [3.8, 4) is 5.88 Å². The highest BCUT2D eigenvalue weighted by Gasteiger charge is 2.22. The summed E-state index contributed by atoms with van der Waals surface area (Å²) in [5.41, 5.74) is 2.10. The Morgan fingerprint density at radius 2 is 2.11 bits per heavy atom. The molecule has 0 aromatic carbocycles. The van der Waals surface area contributed by atoms with E-state index in [2.05, 4.69) is 22.5 Å². The van der Waals surface area contributed by atoms with Gasteiger partial charge in [0.1, 0.15) is 5.60 Å². The van der Waals surface area contributed by atoms with Crippen molar-refractivity contribution in [3.63, 3.8) is 0 Å². The highest BCUT2D eigenvalue weighted by atomic mass is 16.5. The quantitative estimate of drug-likeness (QED) is 0.785. The van der Waals surface area contributed by atoms with Crippen molar-refractivity contribution >= 4 is 0 Å². The molecule has 0 amide bonds. The molecule has 1 aromatic heterocycles. The second kappa shape index (κ2) is 5.11. The van der Waals surface area contributed by atoms with Crippen molar-refractivity contribution in [2.45, 2.75) is 39.3 Å². The molecule has 0 bridgehead atoms. The van der Waals surface area contributed by atoms with Gasteiger partial charge in [-0.15, -0.1) is 0 Å². The maximum atomic E-state index is 5.82. The highest BCUT2D eigenvalue weighted by Crippen LogP contribution is 2.24. The molecule has 1 aromatic rings. The van der Waals surface area contributed by atoms with Gasteiger partial charge in [0.05, 0.1) is 19.3 Å². The summed E-state index contributed by atoms with van der Waals surface area (Å²) in [6.45, 7) is 11.7. The smallest absolute Gasteiger partial charge is 0.213 e. The summed E-state index contributed by atoms with van der Waals surface area (Å²) in [6, 6.07) is 4.00. The number of fused-ring (bicyclic) bond motifs is 1. The monoisotopic (exact) mass is 262 g/mol. The maximum Gasteiger partial charge on any atom is 0.213 e. The van der Waals surface area contributed by atoms with E-state index in [9.17, 15) is 0 Å². The van der Waals surface area contributed by atoms with Gasteiger partial charge in [-0.3, -0.25) is 0 Å². The van der Waals surface area contributed by atoms with Gasteiger partial charge in [-0.2, -0.15) is 0 Å².